The fourth-order valence-electron chi connectivity index (χ4n) is 2.18. The molecule has 18 heavy (non-hydrogen) atoms. The summed E-state index contributed by atoms with van der Waals surface area (Å²) in [4.78, 5) is 12.5. The van der Waals surface area contributed by atoms with Gasteiger partial charge in [-0.2, -0.15) is 0 Å². The zero-order chi connectivity index (χ0) is 13.1. The van der Waals surface area contributed by atoms with E-state index < -0.39 is 0 Å². The average Bonchev–Trinajstić information content (AvgIpc) is 2.41. The van der Waals surface area contributed by atoms with E-state index >= 15 is 0 Å². The zero-order valence-corrected chi connectivity index (χ0v) is 12.2. The molecule has 0 bridgehead atoms. The van der Waals surface area contributed by atoms with Crippen LogP contribution in [0.4, 0.5) is 0 Å². The van der Waals surface area contributed by atoms with E-state index in [2.05, 4.69) is 15.9 Å². The van der Waals surface area contributed by atoms with Gasteiger partial charge < -0.3 is 9.47 Å². The minimum atomic E-state index is -0.0396. The minimum Gasteiger partial charge on any atom is -0.496 e. The van der Waals surface area contributed by atoms with Crippen molar-refractivity contribution < 1.29 is 14.3 Å². The number of carbonyl (C=O) groups is 1. The van der Waals surface area contributed by atoms with E-state index in [0.29, 0.717) is 17.9 Å². The van der Waals surface area contributed by atoms with Crippen molar-refractivity contribution in [1.82, 2.24) is 0 Å². The number of carbonyl (C=O) groups excluding carboxylic acids is 1. The van der Waals surface area contributed by atoms with Gasteiger partial charge in [-0.3, -0.25) is 4.79 Å². The first-order chi connectivity index (χ1) is 8.63. The lowest BCUT2D eigenvalue weighted by atomic mass is 9.92. The summed E-state index contributed by atoms with van der Waals surface area (Å²) in [5.74, 6) is 0.723. The monoisotopic (exact) mass is 312 g/mol. The number of aryl methyl sites for hydroxylation is 1. The Morgan fingerprint density at radius 2 is 2.28 bits per heavy atom. The SMILES string of the molecule is COc1cc(C)c(Br)cc1C(=O)C1CCCOC1. The number of Topliss-reactive ketones (excluding diaryl/α,β-unsaturated/α-hetero) is 1. The lowest BCUT2D eigenvalue weighted by Gasteiger charge is -2.22. The van der Waals surface area contributed by atoms with Crippen molar-refractivity contribution in [3.63, 3.8) is 0 Å². The zero-order valence-electron chi connectivity index (χ0n) is 10.7. The van der Waals surface area contributed by atoms with Gasteiger partial charge in [-0.25, -0.2) is 0 Å². The van der Waals surface area contributed by atoms with Crippen LogP contribution in [0.1, 0.15) is 28.8 Å². The van der Waals surface area contributed by atoms with Crippen molar-refractivity contribution in [2.24, 2.45) is 5.92 Å². The molecule has 0 spiro atoms. The molecular weight excluding hydrogens is 296 g/mol. The van der Waals surface area contributed by atoms with Gasteiger partial charge in [0, 0.05) is 17.0 Å². The summed E-state index contributed by atoms with van der Waals surface area (Å²) in [6, 6.07) is 3.74. The van der Waals surface area contributed by atoms with Gasteiger partial charge in [0.2, 0.25) is 0 Å². The number of ketones is 1. The van der Waals surface area contributed by atoms with Crippen LogP contribution in [0, 0.1) is 12.8 Å². The highest BCUT2D eigenvalue weighted by Gasteiger charge is 2.25. The standard InChI is InChI=1S/C14H17BrO3/c1-9-6-13(17-2)11(7-12(9)15)14(16)10-4-3-5-18-8-10/h6-7,10H,3-5,8H2,1-2H3. The Hall–Kier alpha value is -0.870. The molecule has 0 radical (unpaired) electrons. The Kier molecular flexibility index (Phi) is 4.40. The normalized spacial score (nSPS) is 19.6. The van der Waals surface area contributed by atoms with E-state index in [1.165, 1.54) is 0 Å². The van der Waals surface area contributed by atoms with Crippen molar-refractivity contribution in [3.8, 4) is 5.75 Å². The summed E-state index contributed by atoms with van der Waals surface area (Å²) < 4.78 is 11.6. The van der Waals surface area contributed by atoms with Crippen molar-refractivity contribution in [2.45, 2.75) is 19.8 Å². The first kappa shape index (κ1) is 13.6. The summed E-state index contributed by atoms with van der Waals surface area (Å²) in [6.07, 6.45) is 1.85. The number of halogens is 1. The Balaban J connectivity index is 2.31. The second kappa shape index (κ2) is 5.85. The van der Waals surface area contributed by atoms with E-state index in [1.807, 2.05) is 19.1 Å². The quantitative estimate of drug-likeness (QED) is 0.803. The molecule has 1 aromatic carbocycles. The van der Waals surface area contributed by atoms with Gasteiger partial charge in [-0.15, -0.1) is 0 Å². The average molecular weight is 313 g/mol. The molecule has 2 rings (SSSR count). The van der Waals surface area contributed by atoms with Gasteiger partial charge in [0.15, 0.2) is 5.78 Å². The smallest absolute Gasteiger partial charge is 0.172 e. The van der Waals surface area contributed by atoms with E-state index in [1.54, 1.807) is 7.11 Å². The lowest BCUT2D eigenvalue weighted by molar-refractivity contribution is 0.0459. The van der Waals surface area contributed by atoms with Crippen LogP contribution >= 0.6 is 15.9 Å². The number of benzene rings is 1. The van der Waals surface area contributed by atoms with Gasteiger partial charge >= 0.3 is 0 Å². The van der Waals surface area contributed by atoms with Crippen molar-refractivity contribution in [1.29, 1.82) is 0 Å². The summed E-state index contributed by atoms with van der Waals surface area (Å²) in [7, 11) is 1.59. The fraction of sp³-hybridized carbons (Fsp3) is 0.500. The van der Waals surface area contributed by atoms with Gasteiger partial charge in [0.05, 0.1) is 19.3 Å². The molecule has 4 heteroatoms. The van der Waals surface area contributed by atoms with Crippen molar-refractivity contribution in [3.05, 3.63) is 27.7 Å². The summed E-state index contributed by atoms with van der Waals surface area (Å²) in [5.41, 5.74) is 1.70. The third kappa shape index (κ3) is 2.75. The van der Waals surface area contributed by atoms with Crippen molar-refractivity contribution >= 4 is 21.7 Å². The molecule has 3 nitrogen and oxygen atoms in total. The van der Waals surface area contributed by atoms with Gasteiger partial charge in [-0.05, 0) is 37.5 Å². The molecular formula is C14H17BrO3. The number of hydrogen-bond acceptors (Lipinski definition) is 3. The molecule has 1 aromatic rings. The second-order valence-electron chi connectivity index (χ2n) is 4.58. The molecule has 1 aliphatic rings. The Labute approximate surface area is 116 Å². The van der Waals surface area contributed by atoms with Crippen LogP contribution < -0.4 is 4.74 Å². The predicted molar refractivity (Wildman–Crippen MR) is 73.3 cm³/mol. The van der Waals surface area contributed by atoms with Gasteiger partial charge in [-0.1, -0.05) is 15.9 Å². The molecule has 1 saturated heterocycles. The van der Waals surface area contributed by atoms with Gasteiger partial charge in [0.25, 0.3) is 0 Å². The maximum atomic E-state index is 12.5. The van der Waals surface area contributed by atoms with E-state index in [4.69, 9.17) is 9.47 Å². The van der Waals surface area contributed by atoms with Crippen LogP contribution in [0.25, 0.3) is 0 Å². The molecule has 1 aliphatic heterocycles. The van der Waals surface area contributed by atoms with Crippen LogP contribution in [0.15, 0.2) is 16.6 Å². The Morgan fingerprint density at radius 1 is 1.50 bits per heavy atom. The maximum absolute atomic E-state index is 12.5. The van der Waals surface area contributed by atoms with Crippen molar-refractivity contribution in [2.75, 3.05) is 20.3 Å². The third-order valence-electron chi connectivity index (χ3n) is 3.28. The molecule has 1 unspecified atom stereocenters. The summed E-state index contributed by atoms with van der Waals surface area (Å²) >= 11 is 3.46. The molecule has 1 atom stereocenters. The molecule has 1 fully saturated rings. The maximum Gasteiger partial charge on any atom is 0.172 e. The molecule has 1 heterocycles. The second-order valence-corrected chi connectivity index (χ2v) is 5.43. The highest BCUT2D eigenvalue weighted by atomic mass is 79.9. The largest absolute Gasteiger partial charge is 0.496 e. The molecule has 0 aromatic heterocycles. The van der Waals surface area contributed by atoms with Crippen LogP contribution in [-0.4, -0.2) is 26.1 Å². The molecule has 98 valence electrons. The summed E-state index contributed by atoms with van der Waals surface area (Å²) in [5, 5.41) is 0. The van der Waals surface area contributed by atoms with Crippen LogP contribution in [0.3, 0.4) is 0 Å². The molecule has 0 aliphatic carbocycles. The number of rotatable bonds is 3. The van der Waals surface area contributed by atoms with E-state index in [0.717, 1.165) is 29.5 Å². The number of methoxy groups -OCH3 is 1. The third-order valence-corrected chi connectivity index (χ3v) is 4.13. The van der Waals surface area contributed by atoms with Crippen LogP contribution in [-0.2, 0) is 4.74 Å². The molecule has 0 N–H and O–H groups in total. The highest BCUT2D eigenvalue weighted by Crippen LogP contribution is 2.30. The fourth-order valence-corrected chi connectivity index (χ4v) is 2.53. The topological polar surface area (TPSA) is 35.5 Å². The minimum absolute atomic E-state index is 0.0396. The first-order valence-corrected chi connectivity index (χ1v) is 6.89. The molecule has 0 saturated carbocycles. The Bertz CT molecular complexity index is 451. The Morgan fingerprint density at radius 3 is 2.89 bits per heavy atom. The first-order valence-electron chi connectivity index (χ1n) is 6.09. The van der Waals surface area contributed by atoms with E-state index in [-0.39, 0.29) is 11.7 Å². The summed E-state index contributed by atoms with van der Waals surface area (Å²) in [6.45, 7) is 3.26. The predicted octanol–water partition coefficient (Wildman–Crippen LogP) is 3.38. The molecule has 0 amide bonds. The number of ether oxygens (including phenoxy) is 2. The van der Waals surface area contributed by atoms with E-state index in [9.17, 15) is 4.79 Å². The highest BCUT2D eigenvalue weighted by molar-refractivity contribution is 9.10. The van der Waals surface area contributed by atoms with Crippen LogP contribution in [0.5, 0.6) is 5.75 Å². The number of hydrogen-bond donors (Lipinski definition) is 0. The van der Waals surface area contributed by atoms with Gasteiger partial charge in [0.1, 0.15) is 5.75 Å². The van der Waals surface area contributed by atoms with Crippen LogP contribution in [0.2, 0.25) is 0 Å². The lowest BCUT2D eigenvalue weighted by Crippen LogP contribution is -2.25.